The van der Waals surface area contributed by atoms with Crippen molar-refractivity contribution in [1.29, 1.82) is 0 Å². The maximum absolute atomic E-state index is 12.0. The summed E-state index contributed by atoms with van der Waals surface area (Å²) in [6, 6.07) is 1.31. The topological polar surface area (TPSA) is 159 Å². The van der Waals surface area contributed by atoms with E-state index < -0.39 is 54.4 Å². The SMILES string of the molecule is COC(=O)c1cc(COC(C)=O)n([C@@H]2O[C@H](COC(C)=O)[C@@H](OC(C)=O)[C@H]2OC(C)=O)n1. The van der Waals surface area contributed by atoms with Crippen LogP contribution >= 0.6 is 0 Å². The van der Waals surface area contributed by atoms with Crippen molar-refractivity contribution in [1.82, 2.24) is 9.78 Å². The third kappa shape index (κ3) is 6.26. The summed E-state index contributed by atoms with van der Waals surface area (Å²) >= 11 is 0. The van der Waals surface area contributed by atoms with Gasteiger partial charge in [-0.15, -0.1) is 0 Å². The van der Waals surface area contributed by atoms with Gasteiger partial charge >= 0.3 is 29.8 Å². The Morgan fingerprint density at radius 1 is 0.938 bits per heavy atom. The Morgan fingerprint density at radius 3 is 2.06 bits per heavy atom. The van der Waals surface area contributed by atoms with Crippen LogP contribution in [0.2, 0.25) is 0 Å². The molecule has 0 spiro atoms. The first-order valence-electron chi connectivity index (χ1n) is 9.46. The Hall–Kier alpha value is -3.48. The number of rotatable bonds is 8. The van der Waals surface area contributed by atoms with Crippen LogP contribution in [-0.4, -0.2) is 71.7 Å². The van der Waals surface area contributed by atoms with Crippen LogP contribution in [0.3, 0.4) is 0 Å². The van der Waals surface area contributed by atoms with Crippen LogP contribution in [-0.2, 0) is 54.2 Å². The Bertz CT molecular complexity index is 894. The van der Waals surface area contributed by atoms with E-state index in [1.807, 2.05) is 0 Å². The fourth-order valence-corrected chi connectivity index (χ4v) is 3.03. The fraction of sp³-hybridized carbons (Fsp3) is 0.579. The maximum atomic E-state index is 12.0. The second-order valence-corrected chi connectivity index (χ2v) is 6.75. The molecule has 1 saturated heterocycles. The van der Waals surface area contributed by atoms with Gasteiger partial charge in [-0.25, -0.2) is 9.48 Å². The summed E-state index contributed by atoms with van der Waals surface area (Å²) in [7, 11) is 1.16. The third-order valence-corrected chi connectivity index (χ3v) is 4.21. The lowest BCUT2D eigenvalue weighted by molar-refractivity contribution is -0.166. The van der Waals surface area contributed by atoms with Crippen molar-refractivity contribution in [3.05, 3.63) is 17.5 Å². The molecular formula is C19H24N2O11. The van der Waals surface area contributed by atoms with E-state index >= 15 is 0 Å². The molecule has 0 radical (unpaired) electrons. The highest BCUT2D eigenvalue weighted by Gasteiger charge is 2.51. The number of hydrogen-bond donors (Lipinski definition) is 0. The minimum Gasteiger partial charge on any atom is -0.464 e. The molecule has 32 heavy (non-hydrogen) atoms. The van der Waals surface area contributed by atoms with Gasteiger partial charge in [-0.2, -0.15) is 5.10 Å². The first-order valence-corrected chi connectivity index (χ1v) is 9.46. The molecule has 0 amide bonds. The molecule has 0 N–H and O–H groups in total. The molecule has 1 aromatic rings. The highest BCUT2D eigenvalue weighted by atomic mass is 16.7. The van der Waals surface area contributed by atoms with E-state index in [2.05, 4.69) is 9.84 Å². The van der Waals surface area contributed by atoms with E-state index in [0.29, 0.717) is 0 Å². The largest absolute Gasteiger partial charge is 0.464 e. The average Bonchev–Trinajstić information content (AvgIpc) is 3.25. The molecule has 13 nitrogen and oxygen atoms in total. The van der Waals surface area contributed by atoms with E-state index in [0.717, 1.165) is 25.6 Å². The molecule has 1 aliphatic heterocycles. The molecule has 0 bridgehead atoms. The van der Waals surface area contributed by atoms with Gasteiger partial charge in [0, 0.05) is 27.7 Å². The van der Waals surface area contributed by atoms with Gasteiger partial charge in [-0.3, -0.25) is 19.2 Å². The van der Waals surface area contributed by atoms with Crippen molar-refractivity contribution in [3.8, 4) is 0 Å². The zero-order chi connectivity index (χ0) is 24.0. The van der Waals surface area contributed by atoms with Gasteiger partial charge in [0.2, 0.25) is 0 Å². The third-order valence-electron chi connectivity index (χ3n) is 4.21. The van der Waals surface area contributed by atoms with Gasteiger partial charge < -0.3 is 28.4 Å². The van der Waals surface area contributed by atoms with Gasteiger partial charge in [-0.05, 0) is 6.07 Å². The van der Waals surface area contributed by atoms with Crippen LogP contribution in [0.25, 0.3) is 0 Å². The molecule has 2 rings (SSSR count). The summed E-state index contributed by atoms with van der Waals surface area (Å²) in [6.45, 7) is 4.07. The minimum atomic E-state index is -1.22. The smallest absolute Gasteiger partial charge is 0.358 e. The van der Waals surface area contributed by atoms with Crippen molar-refractivity contribution in [3.63, 3.8) is 0 Å². The summed E-state index contributed by atoms with van der Waals surface area (Å²) in [5.74, 6) is -3.38. The Labute approximate surface area is 182 Å². The molecule has 1 aliphatic rings. The molecular weight excluding hydrogens is 432 g/mol. The standard InChI is InChI=1S/C19H24N2O11/c1-9(22)28-7-13-6-14(19(26)27-5)20-21(13)18-17(31-12(4)25)16(30-11(3)24)15(32-18)8-29-10(2)23/h6,15-18H,7-8H2,1-5H3/t15-,16-,17-,18-/m1/s1. The molecule has 0 unspecified atom stereocenters. The second kappa shape index (κ2) is 10.7. The number of aromatic nitrogens is 2. The van der Waals surface area contributed by atoms with Gasteiger partial charge in [-0.1, -0.05) is 0 Å². The quantitative estimate of drug-likeness (QED) is 0.383. The van der Waals surface area contributed by atoms with Crippen LogP contribution in [0.1, 0.15) is 50.1 Å². The number of nitrogens with zero attached hydrogens (tertiary/aromatic N) is 2. The number of carbonyl (C=O) groups is 5. The molecule has 0 aromatic carbocycles. The van der Waals surface area contributed by atoms with Crippen LogP contribution in [0, 0.1) is 0 Å². The van der Waals surface area contributed by atoms with Crippen molar-refractivity contribution in [2.45, 2.75) is 58.8 Å². The normalized spacial score (nSPS) is 22.0. The van der Waals surface area contributed by atoms with Crippen molar-refractivity contribution >= 4 is 29.8 Å². The summed E-state index contributed by atoms with van der Waals surface area (Å²) in [5, 5.41) is 4.13. The van der Waals surface area contributed by atoms with Crippen molar-refractivity contribution in [2.24, 2.45) is 0 Å². The Kier molecular flexibility index (Phi) is 8.29. The zero-order valence-corrected chi connectivity index (χ0v) is 18.2. The van der Waals surface area contributed by atoms with Crippen LogP contribution in [0.5, 0.6) is 0 Å². The predicted octanol–water partition coefficient (Wildman–Crippen LogP) is 0.0567. The van der Waals surface area contributed by atoms with Crippen LogP contribution in [0.4, 0.5) is 0 Å². The lowest BCUT2D eigenvalue weighted by Crippen LogP contribution is -2.40. The molecule has 1 aromatic heterocycles. The van der Waals surface area contributed by atoms with Crippen LogP contribution in [0.15, 0.2) is 6.07 Å². The molecule has 0 saturated carbocycles. The number of ether oxygens (including phenoxy) is 6. The van der Waals surface area contributed by atoms with E-state index in [4.69, 9.17) is 23.7 Å². The monoisotopic (exact) mass is 456 g/mol. The minimum absolute atomic E-state index is 0.132. The van der Waals surface area contributed by atoms with Crippen LogP contribution < -0.4 is 0 Å². The number of hydrogen-bond acceptors (Lipinski definition) is 12. The molecule has 2 heterocycles. The molecule has 13 heteroatoms. The van der Waals surface area contributed by atoms with Gasteiger partial charge in [0.1, 0.15) is 19.3 Å². The first-order chi connectivity index (χ1) is 15.0. The summed E-state index contributed by atoms with van der Waals surface area (Å²) < 4.78 is 32.3. The fourth-order valence-electron chi connectivity index (χ4n) is 3.03. The number of methoxy groups -OCH3 is 1. The van der Waals surface area contributed by atoms with Gasteiger partial charge in [0.15, 0.2) is 24.1 Å². The summed E-state index contributed by atoms with van der Waals surface area (Å²) in [5.41, 5.74) is 0.0739. The highest BCUT2D eigenvalue weighted by molar-refractivity contribution is 5.87. The first kappa shape index (κ1) is 24.8. The number of esters is 5. The van der Waals surface area contributed by atoms with E-state index in [1.54, 1.807) is 0 Å². The Balaban J connectivity index is 2.50. The molecule has 176 valence electrons. The summed E-state index contributed by atoms with van der Waals surface area (Å²) in [6.07, 6.45) is -4.62. The molecule has 4 atom stereocenters. The highest BCUT2D eigenvalue weighted by Crippen LogP contribution is 2.35. The maximum Gasteiger partial charge on any atom is 0.358 e. The van der Waals surface area contributed by atoms with Crippen molar-refractivity contribution in [2.75, 3.05) is 13.7 Å². The number of carbonyl (C=O) groups excluding carboxylic acids is 5. The molecule has 1 fully saturated rings. The van der Waals surface area contributed by atoms with Gasteiger partial charge in [0.05, 0.1) is 12.8 Å². The average molecular weight is 456 g/mol. The van der Waals surface area contributed by atoms with E-state index in [9.17, 15) is 24.0 Å². The van der Waals surface area contributed by atoms with Crippen molar-refractivity contribution < 1.29 is 52.4 Å². The van der Waals surface area contributed by atoms with E-state index in [1.165, 1.54) is 19.9 Å². The predicted molar refractivity (Wildman–Crippen MR) is 101 cm³/mol. The lowest BCUT2D eigenvalue weighted by Gasteiger charge is -2.24. The van der Waals surface area contributed by atoms with E-state index in [-0.39, 0.29) is 24.6 Å². The van der Waals surface area contributed by atoms with Gasteiger partial charge in [0.25, 0.3) is 0 Å². The molecule has 0 aliphatic carbocycles. The zero-order valence-electron chi connectivity index (χ0n) is 18.2. The second-order valence-electron chi connectivity index (χ2n) is 6.75. The lowest BCUT2D eigenvalue weighted by atomic mass is 10.1. The summed E-state index contributed by atoms with van der Waals surface area (Å²) in [4.78, 5) is 58.0. The Morgan fingerprint density at radius 2 is 1.53 bits per heavy atom.